The normalized spacial score (nSPS) is 12.8. The third-order valence-corrected chi connectivity index (χ3v) is 2.93. The Kier molecular flexibility index (Phi) is 5.42. The summed E-state index contributed by atoms with van der Waals surface area (Å²) in [6.45, 7) is -0.312. The van der Waals surface area contributed by atoms with E-state index in [9.17, 15) is 4.79 Å². The van der Waals surface area contributed by atoms with Crippen LogP contribution in [0.1, 0.15) is 0 Å². The van der Waals surface area contributed by atoms with Crippen molar-refractivity contribution in [2.24, 2.45) is 0 Å². The zero-order valence-corrected chi connectivity index (χ0v) is 7.77. The molecule has 0 spiro atoms. The van der Waals surface area contributed by atoms with Crippen LogP contribution in [0.15, 0.2) is 0 Å². The van der Waals surface area contributed by atoms with Crippen molar-refractivity contribution in [3.8, 4) is 0 Å². The lowest BCUT2D eigenvalue weighted by molar-refractivity contribution is -0.121. The molecule has 5 heteroatoms. The zero-order valence-electron chi connectivity index (χ0n) is 4.60. The molecule has 1 unspecified atom stereocenters. The SMILES string of the molecule is O=C(NCO)C(Br)CBr. The van der Waals surface area contributed by atoms with Gasteiger partial charge >= 0.3 is 0 Å². The van der Waals surface area contributed by atoms with Crippen LogP contribution < -0.4 is 5.32 Å². The molecule has 1 amide bonds. The molecule has 2 N–H and O–H groups in total. The van der Waals surface area contributed by atoms with Crippen molar-refractivity contribution >= 4 is 37.8 Å². The van der Waals surface area contributed by atoms with Gasteiger partial charge in [0.05, 0.1) is 0 Å². The summed E-state index contributed by atoms with van der Waals surface area (Å²) >= 11 is 6.17. The predicted octanol–water partition coefficient (Wildman–Crippen LogP) is 0.211. The average Bonchev–Trinajstić information content (AvgIpc) is 1.87. The number of carbonyl (C=O) groups is 1. The van der Waals surface area contributed by atoms with Crippen LogP contribution in [0, 0.1) is 0 Å². The molecule has 0 aromatic heterocycles. The van der Waals surface area contributed by atoms with E-state index in [1.807, 2.05) is 0 Å². The van der Waals surface area contributed by atoms with Gasteiger partial charge in [-0.15, -0.1) is 0 Å². The maximum Gasteiger partial charge on any atom is 0.236 e. The molecule has 0 rings (SSSR count). The van der Waals surface area contributed by atoms with Gasteiger partial charge in [0.25, 0.3) is 0 Å². The second-order valence-corrected chi connectivity index (χ2v) is 3.07. The van der Waals surface area contributed by atoms with Gasteiger partial charge in [-0.05, 0) is 0 Å². The highest BCUT2D eigenvalue weighted by Gasteiger charge is 2.10. The van der Waals surface area contributed by atoms with E-state index >= 15 is 0 Å². The highest BCUT2D eigenvalue weighted by molar-refractivity contribution is 9.12. The Labute approximate surface area is 70.1 Å². The third kappa shape index (κ3) is 3.89. The molecule has 0 aliphatic heterocycles. The summed E-state index contributed by atoms with van der Waals surface area (Å²) < 4.78 is 0. The molecule has 0 heterocycles. The number of rotatable bonds is 3. The second kappa shape index (κ2) is 5.20. The number of hydrogen-bond donors (Lipinski definition) is 2. The van der Waals surface area contributed by atoms with Crippen molar-refractivity contribution in [2.75, 3.05) is 12.1 Å². The Bertz CT molecular complexity index is 98.6. The molecule has 0 saturated carbocycles. The lowest BCUT2D eigenvalue weighted by Crippen LogP contribution is -2.32. The number of nitrogens with one attached hydrogen (secondary N) is 1. The minimum absolute atomic E-state index is 0.214. The van der Waals surface area contributed by atoms with Crippen molar-refractivity contribution in [2.45, 2.75) is 4.83 Å². The lowest BCUT2D eigenvalue weighted by Gasteiger charge is -2.03. The Morgan fingerprint density at radius 1 is 1.78 bits per heavy atom. The number of alkyl halides is 2. The Balaban J connectivity index is 3.46. The minimum Gasteiger partial charge on any atom is -0.377 e. The molecule has 0 saturated heterocycles. The summed E-state index contributed by atoms with van der Waals surface area (Å²) in [5.41, 5.74) is 0. The van der Waals surface area contributed by atoms with Crippen LogP contribution in [0.5, 0.6) is 0 Å². The van der Waals surface area contributed by atoms with E-state index in [0.717, 1.165) is 0 Å². The first-order chi connectivity index (χ1) is 4.22. The fourth-order valence-corrected chi connectivity index (χ4v) is 0.715. The maximum absolute atomic E-state index is 10.6. The second-order valence-electron chi connectivity index (χ2n) is 1.32. The van der Waals surface area contributed by atoms with Gasteiger partial charge in [0.15, 0.2) is 0 Å². The molecule has 0 fully saturated rings. The van der Waals surface area contributed by atoms with Gasteiger partial charge in [0.1, 0.15) is 11.6 Å². The van der Waals surface area contributed by atoms with Crippen molar-refractivity contribution in [1.82, 2.24) is 5.32 Å². The van der Waals surface area contributed by atoms with E-state index in [4.69, 9.17) is 5.11 Å². The fourth-order valence-electron chi connectivity index (χ4n) is 0.259. The molecule has 1 atom stereocenters. The quantitative estimate of drug-likeness (QED) is 0.563. The van der Waals surface area contributed by atoms with E-state index in [0.29, 0.717) is 5.33 Å². The molecular formula is C4H7Br2NO2. The first kappa shape index (κ1) is 9.39. The van der Waals surface area contributed by atoms with Gasteiger partial charge in [-0.3, -0.25) is 4.79 Å². The molecule has 0 aliphatic rings. The molecule has 9 heavy (non-hydrogen) atoms. The smallest absolute Gasteiger partial charge is 0.236 e. The number of hydrogen-bond acceptors (Lipinski definition) is 2. The van der Waals surface area contributed by atoms with Crippen molar-refractivity contribution < 1.29 is 9.90 Å². The molecule has 0 radical (unpaired) electrons. The summed E-state index contributed by atoms with van der Waals surface area (Å²) in [5.74, 6) is -0.214. The van der Waals surface area contributed by atoms with Crippen molar-refractivity contribution in [1.29, 1.82) is 0 Å². The number of aliphatic hydroxyl groups excluding tert-OH is 1. The molecular weight excluding hydrogens is 254 g/mol. The minimum atomic E-state index is -0.312. The predicted molar refractivity (Wildman–Crippen MR) is 41.7 cm³/mol. The van der Waals surface area contributed by atoms with Gasteiger partial charge in [-0.1, -0.05) is 31.9 Å². The summed E-state index contributed by atoms with van der Waals surface area (Å²) in [6, 6.07) is 0. The standard InChI is InChI=1S/C4H7Br2NO2/c5-1-3(6)4(9)7-2-8/h3,8H,1-2H2,(H,7,9). The Hall–Kier alpha value is 0.390. The van der Waals surface area contributed by atoms with Crippen LogP contribution in [-0.2, 0) is 4.79 Å². The number of carbonyl (C=O) groups excluding carboxylic acids is 1. The van der Waals surface area contributed by atoms with Crippen LogP contribution >= 0.6 is 31.9 Å². The third-order valence-electron chi connectivity index (χ3n) is 0.673. The summed E-state index contributed by atoms with van der Waals surface area (Å²) in [6.07, 6.45) is 0. The van der Waals surface area contributed by atoms with Crippen molar-refractivity contribution in [3.63, 3.8) is 0 Å². The fraction of sp³-hybridized carbons (Fsp3) is 0.750. The monoisotopic (exact) mass is 259 g/mol. The van der Waals surface area contributed by atoms with Gasteiger partial charge in [-0.2, -0.15) is 0 Å². The highest BCUT2D eigenvalue weighted by atomic mass is 79.9. The molecule has 0 aromatic carbocycles. The summed E-state index contributed by atoms with van der Waals surface area (Å²) in [5, 5.41) is 11.0. The Morgan fingerprint density at radius 3 is 2.67 bits per heavy atom. The van der Waals surface area contributed by atoms with Crippen LogP contribution in [-0.4, -0.2) is 27.9 Å². The number of halogens is 2. The van der Waals surface area contributed by atoms with Crippen LogP contribution in [0.3, 0.4) is 0 Å². The number of aliphatic hydroxyl groups is 1. The first-order valence-electron chi connectivity index (χ1n) is 2.31. The highest BCUT2D eigenvalue weighted by Crippen LogP contribution is 2.02. The van der Waals surface area contributed by atoms with Gasteiger partial charge in [0.2, 0.25) is 5.91 Å². The van der Waals surface area contributed by atoms with E-state index in [-0.39, 0.29) is 17.5 Å². The maximum atomic E-state index is 10.6. The van der Waals surface area contributed by atoms with Gasteiger partial charge in [-0.25, -0.2) is 0 Å². The van der Waals surface area contributed by atoms with Crippen LogP contribution in [0.25, 0.3) is 0 Å². The lowest BCUT2D eigenvalue weighted by atomic mass is 10.5. The zero-order chi connectivity index (χ0) is 7.28. The van der Waals surface area contributed by atoms with E-state index < -0.39 is 0 Å². The Morgan fingerprint density at radius 2 is 2.33 bits per heavy atom. The van der Waals surface area contributed by atoms with Crippen LogP contribution in [0.4, 0.5) is 0 Å². The molecule has 0 aromatic rings. The molecule has 0 bridgehead atoms. The van der Waals surface area contributed by atoms with E-state index in [2.05, 4.69) is 37.2 Å². The molecule has 0 aliphatic carbocycles. The van der Waals surface area contributed by atoms with E-state index in [1.165, 1.54) is 0 Å². The van der Waals surface area contributed by atoms with Gasteiger partial charge < -0.3 is 10.4 Å². The average molecular weight is 261 g/mol. The summed E-state index contributed by atoms with van der Waals surface area (Å²) in [7, 11) is 0. The van der Waals surface area contributed by atoms with Gasteiger partial charge in [0, 0.05) is 5.33 Å². The number of amides is 1. The molecule has 54 valence electrons. The summed E-state index contributed by atoms with van der Waals surface area (Å²) in [4.78, 5) is 10.4. The first-order valence-corrected chi connectivity index (χ1v) is 4.34. The topological polar surface area (TPSA) is 49.3 Å². The molecule has 3 nitrogen and oxygen atoms in total. The van der Waals surface area contributed by atoms with Crippen molar-refractivity contribution in [3.05, 3.63) is 0 Å². The van der Waals surface area contributed by atoms with Crippen LogP contribution in [0.2, 0.25) is 0 Å². The van der Waals surface area contributed by atoms with E-state index in [1.54, 1.807) is 0 Å². The largest absolute Gasteiger partial charge is 0.377 e.